The Labute approximate surface area is 230 Å². The fraction of sp³-hybridized carbons (Fsp3) is 0.406. The molecule has 2 aliphatic heterocycles. The Bertz CT molecular complexity index is 1320. The van der Waals surface area contributed by atoms with Crippen LogP contribution in [-0.4, -0.2) is 45.7 Å². The fourth-order valence-electron chi connectivity index (χ4n) is 5.79. The molecule has 0 saturated carbocycles. The van der Waals surface area contributed by atoms with E-state index in [1.807, 2.05) is 79.7 Å². The molecule has 2 fully saturated rings. The topological polar surface area (TPSA) is 83.0 Å². The van der Waals surface area contributed by atoms with E-state index in [0.717, 1.165) is 35.2 Å². The van der Waals surface area contributed by atoms with Crippen molar-refractivity contribution in [1.29, 1.82) is 0 Å². The number of hydrogen-bond acceptors (Lipinski definition) is 5. The number of aliphatic hydroxyl groups is 1. The normalized spacial score (nSPS) is 21.0. The first-order valence-corrected chi connectivity index (χ1v) is 13.8. The highest BCUT2D eigenvalue weighted by atomic mass is 16.6. The van der Waals surface area contributed by atoms with Gasteiger partial charge in [-0.2, -0.15) is 0 Å². The highest BCUT2D eigenvalue weighted by molar-refractivity contribution is 5.93. The zero-order chi connectivity index (χ0) is 27.6. The van der Waals surface area contributed by atoms with Crippen molar-refractivity contribution in [2.24, 2.45) is 0 Å². The third kappa shape index (κ3) is 5.83. The van der Waals surface area contributed by atoms with Crippen LogP contribution in [0.3, 0.4) is 0 Å². The van der Waals surface area contributed by atoms with Crippen molar-refractivity contribution in [1.82, 2.24) is 9.88 Å². The molecule has 0 bridgehead atoms. The molecule has 3 aromatic rings. The van der Waals surface area contributed by atoms with Crippen LogP contribution in [0.15, 0.2) is 72.8 Å². The summed E-state index contributed by atoms with van der Waals surface area (Å²) < 4.78 is 6.15. The minimum Gasteiger partial charge on any atom is -0.438 e. The van der Waals surface area contributed by atoms with Gasteiger partial charge in [-0.25, -0.2) is 9.78 Å². The first-order valence-electron chi connectivity index (χ1n) is 13.8. The molecule has 2 aliphatic rings. The van der Waals surface area contributed by atoms with E-state index in [9.17, 15) is 14.7 Å². The Kier molecular flexibility index (Phi) is 7.45. The van der Waals surface area contributed by atoms with Crippen LogP contribution in [0.1, 0.15) is 70.0 Å². The third-order valence-corrected chi connectivity index (χ3v) is 7.78. The minimum absolute atomic E-state index is 0.127. The average molecular weight is 528 g/mol. The summed E-state index contributed by atoms with van der Waals surface area (Å²) in [6, 6.07) is 23.4. The van der Waals surface area contributed by atoms with Crippen LogP contribution in [0.2, 0.25) is 0 Å². The van der Waals surface area contributed by atoms with E-state index in [-0.39, 0.29) is 18.0 Å². The molecule has 2 amide bonds. The number of carbonyl (C=O) groups is 2. The van der Waals surface area contributed by atoms with Gasteiger partial charge in [0, 0.05) is 37.9 Å². The van der Waals surface area contributed by atoms with Crippen molar-refractivity contribution in [2.45, 2.75) is 70.1 Å². The SMILES string of the molecule is C[C@@H](c1ccc(-c2cccc(N3CCCCC3=O)n2)cc1)N1CC[C@](CC(C)(C)O)(c2ccccc2)OC1=O. The lowest BCUT2D eigenvalue weighted by Gasteiger charge is -2.45. The van der Waals surface area contributed by atoms with Gasteiger partial charge in [-0.15, -0.1) is 0 Å². The van der Waals surface area contributed by atoms with Crippen molar-refractivity contribution in [3.8, 4) is 11.3 Å². The number of hydrogen-bond donors (Lipinski definition) is 1. The van der Waals surface area contributed by atoms with Crippen LogP contribution < -0.4 is 4.90 Å². The van der Waals surface area contributed by atoms with Crippen molar-refractivity contribution in [3.63, 3.8) is 0 Å². The summed E-state index contributed by atoms with van der Waals surface area (Å²) in [5.74, 6) is 0.820. The van der Waals surface area contributed by atoms with Crippen molar-refractivity contribution < 1.29 is 19.4 Å². The van der Waals surface area contributed by atoms with E-state index in [2.05, 4.69) is 0 Å². The molecule has 7 heteroatoms. The number of benzene rings is 2. The van der Waals surface area contributed by atoms with Crippen LogP contribution in [0.25, 0.3) is 11.3 Å². The second-order valence-corrected chi connectivity index (χ2v) is 11.3. The first kappa shape index (κ1) is 26.9. The molecule has 0 spiro atoms. The Morgan fingerprint density at radius 3 is 2.38 bits per heavy atom. The largest absolute Gasteiger partial charge is 0.438 e. The Balaban J connectivity index is 1.32. The van der Waals surface area contributed by atoms with Crippen LogP contribution in [0.5, 0.6) is 0 Å². The lowest BCUT2D eigenvalue weighted by Crippen LogP contribution is -2.51. The molecule has 204 valence electrons. The van der Waals surface area contributed by atoms with E-state index in [1.165, 1.54) is 0 Å². The predicted molar refractivity (Wildman–Crippen MR) is 151 cm³/mol. The lowest BCUT2D eigenvalue weighted by atomic mass is 9.80. The number of ether oxygens (including phenoxy) is 1. The highest BCUT2D eigenvalue weighted by Crippen LogP contribution is 2.42. The lowest BCUT2D eigenvalue weighted by molar-refractivity contribution is -0.119. The Hall–Kier alpha value is -3.71. The minimum atomic E-state index is -0.994. The smallest absolute Gasteiger partial charge is 0.411 e. The first-order chi connectivity index (χ1) is 18.7. The summed E-state index contributed by atoms with van der Waals surface area (Å²) in [4.78, 5) is 34.0. The molecule has 2 aromatic carbocycles. The van der Waals surface area contributed by atoms with Crippen molar-refractivity contribution in [3.05, 3.63) is 83.9 Å². The average Bonchev–Trinajstić information content (AvgIpc) is 2.93. The van der Waals surface area contributed by atoms with Crippen LogP contribution in [0, 0.1) is 0 Å². The van der Waals surface area contributed by atoms with E-state index >= 15 is 0 Å². The summed E-state index contributed by atoms with van der Waals surface area (Å²) in [5.41, 5.74) is 1.79. The molecule has 5 rings (SSSR count). The number of nitrogens with zero attached hydrogens (tertiary/aromatic N) is 3. The molecule has 2 atom stereocenters. The number of aromatic nitrogens is 1. The maximum absolute atomic E-state index is 13.4. The quantitative estimate of drug-likeness (QED) is 0.394. The van der Waals surface area contributed by atoms with Gasteiger partial charge in [0.25, 0.3) is 0 Å². The second kappa shape index (κ2) is 10.8. The zero-order valence-corrected chi connectivity index (χ0v) is 23.0. The van der Waals surface area contributed by atoms with Gasteiger partial charge in [0.2, 0.25) is 5.91 Å². The molecule has 0 unspecified atom stereocenters. The number of cyclic esters (lactones) is 1. The van der Waals surface area contributed by atoms with E-state index < -0.39 is 11.2 Å². The standard InChI is InChI=1S/C32H37N3O4/c1-23(34-21-19-32(39-30(34)37,22-31(2,3)38)26-10-5-4-6-11-26)24-15-17-25(18-16-24)27-12-9-13-28(33-27)35-20-8-7-14-29(35)36/h4-6,9-13,15-18,23,38H,7-8,14,19-22H2,1-3H3/t23-,32-/m0/s1. The summed E-state index contributed by atoms with van der Waals surface area (Å²) in [6.45, 7) is 6.72. The number of pyridine rings is 1. The summed E-state index contributed by atoms with van der Waals surface area (Å²) >= 11 is 0. The van der Waals surface area contributed by atoms with Gasteiger partial charge in [0.05, 0.1) is 17.3 Å². The molecular formula is C32H37N3O4. The Morgan fingerprint density at radius 1 is 0.974 bits per heavy atom. The van der Waals surface area contributed by atoms with Gasteiger partial charge in [0.15, 0.2) is 0 Å². The van der Waals surface area contributed by atoms with Gasteiger partial charge < -0.3 is 14.7 Å². The number of carbonyl (C=O) groups excluding carboxylic acids is 2. The summed E-state index contributed by atoms with van der Waals surface area (Å²) in [7, 11) is 0. The van der Waals surface area contributed by atoms with Gasteiger partial charge in [-0.05, 0) is 56.9 Å². The number of piperidine rings is 1. The maximum atomic E-state index is 13.4. The van der Waals surface area contributed by atoms with Crippen LogP contribution in [0.4, 0.5) is 10.6 Å². The van der Waals surface area contributed by atoms with Crippen molar-refractivity contribution >= 4 is 17.8 Å². The van der Waals surface area contributed by atoms with E-state index in [1.54, 1.807) is 23.6 Å². The van der Waals surface area contributed by atoms with Crippen molar-refractivity contribution in [2.75, 3.05) is 18.0 Å². The van der Waals surface area contributed by atoms with E-state index in [0.29, 0.717) is 38.2 Å². The molecule has 39 heavy (non-hydrogen) atoms. The van der Waals surface area contributed by atoms with Gasteiger partial charge in [-0.1, -0.05) is 60.7 Å². The molecule has 7 nitrogen and oxygen atoms in total. The molecular weight excluding hydrogens is 490 g/mol. The number of rotatable bonds is 7. The molecule has 2 saturated heterocycles. The number of anilines is 1. The Morgan fingerprint density at radius 2 is 1.72 bits per heavy atom. The van der Waals surface area contributed by atoms with Crippen LogP contribution in [-0.2, 0) is 15.1 Å². The third-order valence-electron chi connectivity index (χ3n) is 7.78. The summed E-state index contributed by atoms with van der Waals surface area (Å²) in [6.07, 6.45) is 3.02. The maximum Gasteiger partial charge on any atom is 0.411 e. The number of amides is 2. The van der Waals surface area contributed by atoms with Crippen LogP contribution >= 0.6 is 0 Å². The summed E-state index contributed by atoms with van der Waals surface area (Å²) in [5, 5.41) is 10.6. The predicted octanol–water partition coefficient (Wildman–Crippen LogP) is 6.23. The van der Waals surface area contributed by atoms with Gasteiger partial charge >= 0.3 is 6.09 Å². The second-order valence-electron chi connectivity index (χ2n) is 11.3. The molecule has 0 aliphatic carbocycles. The van der Waals surface area contributed by atoms with E-state index in [4.69, 9.17) is 9.72 Å². The fourth-order valence-corrected chi connectivity index (χ4v) is 5.79. The molecule has 0 radical (unpaired) electrons. The zero-order valence-electron chi connectivity index (χ0n) is 23.0. The van der Waals surface area contributed by atoms with Gasteiger partial charge in [0.1, 0.15) is 11.4 Å². The highest BCUT2D eigenvalue weighted by Gasteiger charge is 2.46. The molecule has 1 N–H and O–H groups in total. The molecule has 1 aromatic heterocycles. The molecule has 3 heterocycles. The van der Waals surface area contributed by atoms with Gasteiger partial charge in [-0.3, -0.25) is 9.69 Å². The monoisotopic (exact) mass is 527 g/mol.